The zero-order chi connectivity index (χ0) is 15.5. The molecule has 0 aliphatic carbocycles. The van der Waals surface area contributed by atoms with E-state index in [0.29, 0.717) is 18.7 Å². The van der Waals surface area contributed by atoms with Crippen molar-refractivity contribution in [1.82, 2.24) is 0 Å². The van der Waals surface area contributed by atoms with Crippen molar-refractivity contribution in [3.8, 4) is 6.07 Å². The molecule has 1 fully saturated rings. The molecule has 118 valence electrons. The highest BCUT2D eigenvalue weighted by atomic mass is 16.7. The van der Waals surface area contributed by atoms with Crippen molar-refractivity contribution in [2.45, 2.75) is 57.9 Å². The highest BCUT2D eigenvalue weighted by molar-refractivity contribution is 5.62. The molecule has 2 atom stereocenters. The molecule has 3 rings (SSSR count). The van der Waals surface area contributed by atoms with E-state index in [2.05, 4.69) is 30.9 Å². The molecule has 22 heavy (non-hydrogen) atoms. The third-order valence-electron chi connectivity index (χ3n) is 4.50. The van der Waals surface area contributed by atoms with Crippen molar-refractivity contribution < 1.29 is 9.47 Å². The van der Waals surface area contributed by atoms with Crippen molar-refractivity contribution >= 4 is 5.69 Å². The number of ether oxygens (including phenoxy) is 2. The second-order valence-electron chi connectivity index (χ2n) is 6.44. The van der Waals surface area contributed by atoms with Crippen LogP contribution in [0.2, 0.25) is 0 Å². The van der Waals surface area contributed by atoms with Crippen LogP contribution >= 0.6 is 0 Å². The summed E-state index contributed by atoms with van der Waals surface area (Å²) in [7, 11) is 0. The Morgan fingerprint density at radius 2 is 2.27 bits per heavy atom. The lowest BCUT2D eigenvalue weighted by Gasteiger charge is -2.33. The summed E-state index contributed by atoms with van der Waals surface area (Å²) in [5.41, 5.74) is 3.23. The van der Waals surface area contributed by atoms with Crippen molar-refractivity contribution in [1.29, 1.82) is 5.26 Å². The second-order valence-corrected chi connectivity index (χ2v) is 6.44. The van der Waals surface area contributed by atoms with Gasteiger partial charge in [0.05, 0.1) is 24.3 Å². The maximum Gasteiger partial charge on any atom is 0.157 e. The van der Waals surface area contributed by atoms with E-state index in [0.717, 1.165) is 31.4 Å². The Labute approximate surface area is 132 Å². The minimum atomic E-state index is -0.0406. The number of hydrogen-bond acceptors (Lipinski definition) is 4. The van der Waals surface area contributed by atoms with Crippen molar-refractivity contribution in [3.63, 3.8) is 0 Å². The molecule has 0 aromatic heterocycles. The summed E-state index contributed by atoms with van der Waals surface area (Å²) in [5.74, 6) is 0. The number of rotatable bonds is 4. The molecule has 1 aromatic carbocycles. The largest absolute Gasteiger partial charge is 0.363 e. The van der Waals surface area contributed by atoms with Crippen LogP contribution in [0, 0.1) is 11.3 Å². The van der Waals surface area contributed by atoms with Gasteiger partial charge < -0.3 is 14.4 Å². The predicted molar refractivity (Wildman–Crippen MR) is 85.8 cm³/mol. The van der Waals surface area contributed by atoms with E-state index in [1.54, 1.807) is 0 Å². The lowest BCUT2D eigenvalue weighted by molar-refractivity contribution is -0.164. The SMILES string of the molecule is CC(C)N1c2ccc(C#N)cc2CC1COC1CCCCO1. The van der Waals surface area contributed by atoms with Crippen LogP contribution in [0.25, 0.3) is 0 Å². The van der Waals surface area contributed by atoms with Gasteiger partial charge in [0, 0.05) is 18.3 Å². The van der Waals surface area contributed by atoms with Crippen LogP contribution in [0.4, 0.5) is 5.69 Å². The van der Waals surface area contributed by atoms with E-state index in [-0.39, 0.29) is 6.29 Å². The van der Waals surface area contributed by atoms with E-state index in [4.69, 9.17) is 14.7 Å². The molecule has 2 heterocycles. The molecule has 2 aliphatic rings. The summed E-state index contributed by atoms with van der Waals surface area (Å²) in [6, 6.07) is 8.96. The minimum absolute atomic E-state index is 0.0406. The highest BCUT2D eigenvalue weighted by Crippen LogP contribution is 2.35. The van der Waals surface area contributed by atoms with Crippen molar-refractivity contribution in [2.24, 2.45) is 0 Å². The fourth-order valence-corrected chi connectivity index (χ4v) is 3.52. The van der Waals surface area contributed by atoms with Crippen LogP contribution in [-0.2, 0) is 15.9 Å². The molecule has 0 N–H and O–H groups in total. The van der Waals surface area contributed by atoms with E-state index in [9.17, 15) is 0 Å². The Balaban J connectivity index is 1.70. The van der Waals surface area contributed by atoms with Gasteiger partial charge in [-0.25, -0.2) is 0 Å². The Morgan fingerprint density at radius 1 is 1.41 bits per heavy atom. The highest BCUT2D eigenvalue weighted by Gasteiger charge is 2.32. The lowest BCUT2D eigenvalue weighted by atomic mass is 10.1. The zero-order valence-electron chi connectivity index (χ0n) is 13.4. The summed E-state index contributed by atoms with van der Waals surface area (Å²) < 4.78 is 11.7. The molecule has 1 aromatic rings. The predicted octanol–water partition coefficient (Wildman–Crippen LogP) is 3.24. The van der Waals surface area contributed by atoms with Crippen LogP contribution in [0.5, 0.6) is 0 Å². The number of nitrogens with zero attached hydrogens (tertiary/aromatic N) is 2. The summed E-state index contributed by atoms with van der Waals surface area (Å²) >= 11 is 0. The molecule has 4 nitrogen and oxygen atoms in total. The fourth-order valence-electron chi connectivity index (χ4n) is 3.52. The van der Waals surface area contributed by atoms with E-state index in [1.165, 1.54) is 17.7 Å². The summed E-state index contributed by atoms with van der Waals surface area (Å²) in [6.45, 7) is 5.91. The Morgan fingerprint density at radius 3 is 2.95 bits per heavy atom. The smallest absolute Gasteiger partial charge is 0.157 e. The van der Waals surface area contributed by atoms with Crippen LogP contribution in [0.15, 0.2) is 18.2 Å². The van der Waals surface area contributed by atoms with Gasteiger partial charge in [-0.3, -0.25) is 0 Å². The summed E-state index contributed by atoms with van der Waals surface area (Å²) in [4.78, 5) is 2.42. The van der Waals surface area contributed by atoms with Crippen LogP contribution < -0.4 is 4.90 Å². The minimum Gasteiger partial charge on any atom is -0.363 e. The van der Waals surface area contributed by atoms with Gasteiger partial charge in [-0.2, -0.15) is 5.26 Å². The van der Waals surface area contributed by atoms with Crippen molar-refractivity contribution in [3.05, 3.63) is 29.3 Å². The molecule has 0 bridgehead atoms. The Hall–Kier alpha value is -1.57. The normalized spacial score (nSPS) is 24.4. The third kappa shape index (κ3) is 3.11. The van der Waals surface area contributed by atoms with Crippen LogP contribution in [-0.4, -0.2) is 31.6 Å². The number of hydrogen-bond donors (Lipinski definition) is 0. The summed E-state index contributed by atoms with van der Waals surface area (Å²) in [6.07, 6.45) is 4.23. The topological polar surface area (TPSA) is 45.5 Å². The van der Waals surface area contributed by atoms with Gasteiger partial charge in [0.15, 0.2) is 6.29 Å². The van der Waals surface area contributed by atoms with Gasteiger partial charge in [0.1, 0.15) is 0 Å². The average Bonchev–Trinajstić information content (AvgIpc) is 2.91. The van der Waals surface area contributed by atoms with Crippen LogP contribution in [0.3, 0.4) is 0 Å². The molecule has 0 spiro atoms. The van der Waals surface area contributed by atoms with Crippen LogP contribution in [0.1, 0.15) is 44.2 Å². The molecular formula is C18H24N2O2. The first-order valence-corrected chi connectivity index (χ1v) is 8.23. The Bertz CT molecular complexity index is 559. The second kappa shape index (κ2) is 6.68. The third-order valence-corrected chi connectivity index (χ3v) is 4.50. The van der Waals surface area contributed by atoms with Crippen molar-refractivity contribution in [2.75, 3.05) is 18.1 Å². The number of fused-ring (bicyclic) bond motifs is 1. The number of nitriles is 1. The standard InChI is InChI=1S/C18H24N2O2/c1-13(2)20-16(12-22-18-5-3-4-8-21-18)10-15-9-14(11-19)6-7-17(15)20/h6-7,9,13,16,18H,3-5,8,10,12H2,1-2H3. The quantitative estimate of drug-likeness (QED) is 0.856. The fraction of sp³-hybridized carbons (Fsp3) is 0.611. The first-order valence-electron chi connectivity index (χ1n) is 8.23. The van der Waals surface area contributed by atoms with E-state index < -0.39 is 0 Å². The van der Waals surface area contributed by atoms with Gasteiger partial charge in [-0.05, 0) is 63.3 Å². The molecule has 0 radical (unpaired) electrons. The monoisotopic (exact) mass is 300 g/mol. The van der Waals surface area contributed by atoms with Gasteiger partial charge in [0.2, 0.25) is 0 Å². The van der Waals surface area contributed by atoms with Gasteiger partial charge in [0.25, 0.3) is 0 Å². The molecule has 0 amide bonds. The molecule has 0 saturated carbocycles. The Kier molecular flexibility index (Phi) is 4.66. The molecule has 2 unspecified atom stereocenters. The van der Waals surface area contributed by atoms with E-state index >= 15 is 0 Å². The first-order chi connectivity index (χ1) is 10.7. The molecule has 4 heteroatoms. The molecule has 2 aliphatic heterocycles. The van der Waals surface area contributed by atoms with E-state index in [1.807, 2.05) is 12.1 Å². The average molecular weight is 300 g/mol. The van der Waals surface area contributed by atoms with Gasteiger partial charge in [-0.15, -0.1) is 0 Å². The molecule has 1 saturated heterocycles. The number of anilines is 1. The zero-order valence-corrected chi connectivity index (χ0v) is 13.4. The first kappa shape index (κ1) is 15.3. The number of benzene rings is 1. The molecular weight excluding hydrogens is 276 g/mol. The van der Waals surface area contributed by atoms with Gasteiger partial charge in [-0.1, -0.05) is 0 Å². The maximum absolute atomic E-state index is 9.08. The van der Waals surface area contributed by atoms with Gasteiger partial charge >= 0.3 is 0 Å². The summed E-state index contributed by atoms with van der Waals surface area (Å²) in [5, 5.41) is 9.08. The maximum atomic E-state index is 9.08. The lowest BCUT2D eigenvalue weighted by Crippen LogP contribution is -2.42.